The molecule has 2 rings (SSSR count). The number of hydrogen-bond acceptors (Lipinski definition) is 1. The molecule has 1 nitrogen and oxygen atoms in total. The lowest BCUT2D eigenvalue weighted by Crippen LogP contribution is -2.40. The molecule has 0 aromatic rings. The maximum Gasteiger partial charge on any atom is 0.00952 e. The van der Waals surface area contributed by atoms with E-state index in [2.05, 4.69) is 4.90 Å². The van der Waals surface area contributed by atoms with Crippen LogP contribution in [-0.4, -0.2) is 24.0 Å². The highest BCUT2D eigenvalue weighted by Crippen LogP contribution is 2.24. The van der Waals surface area contributed by atoms with Gasteiger partial charge in [-0.25, -0.2) is 0 Å². The largest absolute Gasteiger partial charge is 0.300 e. The smallest absolute Gasteiger partial charge is 0.00952 e. The van der Waals surface area contributed by atoms with Crippen LogP contribution < -0.4 is 0 Å². The third kappa shape index (κ3) is 2.98. The summed E-state index contributed by atoms with van der Waals surface area (Å²) in [5.41, 5.74) is 0. The summed E-state index contributed by atoms with van der Waals surface area (Å²) in [6, 6.07) is 0.971. The van der Waals surface area contributed by atoms with E-state index in [0.717, 1.165) is 6.04 Å². The Morgan fingerprint density at radius 2 is 1.23 bits per heavy atom. The average Bonchev–Trinajstić information content (AvgIpc) is 2.21. The summed E-state index contributed by atoms with van der Waals surface area (Å²) < 4.78 is 0. The summed E-state index contributed by atoms with van der Waals surface area (Å²) in [5.74, 6) is 0. The molecule has 1 heteroatoms. The van der Waals surface area contributed by atoms with Gasteiger partial charge in [0.15, 0.2) is 0 Å². The van der Waals surface area contributed by atoms with Crippen molar-refractivity contribution in [1.82, 2.24) is 4.90 Å². The van der Waals surface area contributed by atoms with Gasteiger partial charge >= 0.3 is 0 Å². The highest BCUT2D eigenvalue weighted by Gasteiger charge is 2.21. The Labute approximate surface area is 83.5 Å². The normalized spacial score (nSPS) is 26.8. The van der Waals surface area contributed by atoms with Gasteiger partial charge in [-0.15, -0.1) is 0 Å². The van der Waals surface area contributed by atoms with Gasteiger partial charge in [0.05, 0.1) is 0 Å². The van der Waals surface area contributed by atoms with Crippen LogP contribution >= 0.6 is 0 Å². The number of likely N-dealkylation sites (tertiary alicyclic amines) is 1. The third-order valence-electron chi connectivity index (χ3n) is 3.48. The second-order valence-electron chi connectivity index (χ2n) is 4.39. The summed E-state index contributed by atoms with van der Waals surface area (Å²) >= 11 is 0. The van der Waals surface area contributed by atoms with E-state index in [1.165, 1.54) is 64.5 Å². The molecule has 2 fully saturated rings. The van der Waals surface area contributed by atoms with E-state index in [9.17, 15) is 0 Å². The molecule has 0 spiro atoms. The molecule has 1 saturated heterocycles. The first kappa shape index (κ1) is 11.0. The Balaban J connectivity index is 0.000000845. The fourth-order valence-electron chi connectivity index (χ4n) is 2.73. The molecule has 0 bridgehead atoms. The van der Waals surface area contributed by atoms with Gasteiger partial charge in [-0.05, 0) is 38.8 Å². The van der Waals surface area contributed by atoms with Crippen molar-refractivity contribution in [3.8, 4) is 0 Å². The summed E-state index contributed by atoms with van der Waals surface area (Å²) in [4.78, 5) is 2.75. The topological polar surface area (TPSA) is 3.24 Å². The van der Waals surface area contributed by atoms with Crippen molar-refractivity contribution in [3.05, 3.63) is 0 Å². The molecule has 0 aromatic carbocycles. The number of piperidine rings is 1. The van der Waals surface area contributed by atoms with Crippen molar-refractivity contribution in [2.45, 2.75) is 64.8 Å². The first-order valence-corrected chi connectivity index (χ1v) is 5.71. The van der Waals surface area contributed by atoms with E-state index in [0.29, 0.717) is 0 Å². The van der Waals surface area contributed by atoms with Gasteiger partial charge in [-0.2, -0.15) is 0 Å². The predicted octanol–water partition coefficient (Wildman–Crippen LogP) is 3.44. The average molecular weight is 183 g/mol. The Kier molecular flexibility index (Phi) is 4.79. The predicted molar refractivity (Wildman–Crippen MR) is 59.0 cm³/mol. The van der Waals surface area contributed by atoms with Gasteiger partial charge in [0.2, 0.25) is 0 Å². The molecule has 0 amide bonds. The molecule has 2 aliphatic rings. The van der Waals surface area contributed by atoms with Crippen LogP contribution in [0.15, 0.2) is 0 Å². The fraction of sp³-hybridized carbons (Fsp3) is 1.00. The van der Waals surface area contributed by atoms with Crippen LogP contribution in [0.3, 0.4) is 0 Å². The molecule has 0 unspecified atom stereocenters. The zero-order valence-corrected chi connectivity index (χ0v) is 8.10. The van der Waals surface area contributed by atoms with E-state index in [4.69, 9.17) is 0 Å². The van der Waals surface area contributed by atoms with Gasteiger partial charge < -0.3 is 4.90 Å². The van der Waals surface area contributed by atoms with Crippen LogP contribution in [-0.2, 0) is 0 Å². The SMILES string of the molecule is C.C1CCC(N2CCCCC2)CC1. The second-order valence-corrected chi connectivity index (χ2v) is 4.39. The fourth-order valence-corrected chi connectivity index (χ4v) is 2.73. The third-order valence-corrected chi connectivity index (χ3v) is 3.48. The molecule has 1 aliphatic carbocycles. The van der Waals surface area contributed by atoms with Gasteiger partial charge in [0, 0.05) is 6.04 Å². The van der Waals surface area contributed by atoms with Crippen LogP contribution in [0.2, 0.25) is 0 Å². The van der Waals surface area contributed by atoms with Crippen LogP contribution in [0.1, 0.15) is 58.8 Å². The number of rotatable bonds is 1. The molecule has 1 saturated carbocycles. The standard InChI is InChI=1S/C11H21N.CH4/c1-3-7-11(8-4-1)12-9-5-2-6-10-12;/h11H,1-10H2;1H4. The van der Waals surface area contributed by atoms with E-state index >= 15 is 0 Å². The van der Waals surface area contributed by atoms with Crippen molar-refractivity contribution < 1.29 is 0 Å². The highest BCUT2D eigenvalue weighted by molar-refractivity contribution is 4.77. The monoisotopic (exact) mass is 183 g/mol. The number of nitrogens with zero attached hydrogens (tertiary/aromatic N) is 1. The lowest BCUT2D eigenvalue weighted by molar-refractivity contribution is 0.131. The minimum absolute atomic E-state index is 0. The van der Waals surface area contributed by atoms with Crippen molar-refractivity contribution >= 4 is 0 Å². The first-order chi connectivity index (χ1) is 5.97. The molecule has 78 valence electrons. The summed E-state index contributed by atoms with van der Waals surface area (Å²) in [5, 5.41) is 0. The van der Waals surface area contributed by atoms with E-state index < -0.39 is 0 Å². The van der Waals surface area contributed by atoms with E-state index in [1.54, 1.807) is 0 Å². The Bertz CT molecular complexity index is 105. The molecular formula is C12H25N. The van der Waals surface area contributed by atoms with Crippen LogP contribution in [0.25, 0.3) is 0 Å². The lowest BCUT2D eigenvalue weighted by Gasteiger charge is -2.36. The zero-order chi connectivity index (χ0) is 8.23. The first-order valence-electron chi connectivity index (χ1n) is 5.71. The van der Waals surface area contributed by atoms with Crippen molar-refractivity contribution in [2.75, 3.05) is 13.1 Å². The summed E-state index contributed by atoms with van der Waals surface area (Å²) in [6.07, 6.45) is 11.8. The van der Waals surface area contributed by atoms with Crippen LogP contribution in [0, 0.1) is 0 Å². The van der Waals surface area contributed by atoms with Crippen molar-refractivity contribution in [1.29, 1.82) is 0 Å². The lowest BCUT2D eigenvalue weighted by atomic mass is 9.93. The molecular weight excluding hydrogens is 158 g/mol. The Morgan fingerprint density at radius 3 is 1.85 bits per heavy atom. The second kappa shape index (κ2) is 5.64. The molecule has 13 heavy (non-hydrogen) atoms. The summed E-state index contributed by atoms with van der Waals surface area (Å²) in [7, 11) is 0. The Hall–Kier alpha value is -0.0400. The molecule has 1 heterocycles. The maximum atomic E-state index is 2.75. The van der Waals surface area contributed by atoms with Crippen molar-refractivity contribution in [3.63, 3.8) is 0 Å². The van der Waals surface area contributed by atoms with E-state index in [1.807, 2.05) is 0 Å². The maximum absolute atomic E-state index is 2.75. The Morgan fingerprint density at radius 1 is 0.692 bits per heavy atom. The molecule has 0 radical (unpaired) electrons. The van der Waals surface area contributed by atoms with Gasteiger partial charge in [0.25, 0.3) is 0 Å². The minimum Gasteiger partial charge on any atom is -0.300 e. The zero-order valence-electron chi connectivity index (χ0n) is 8.10. The molecule has 0 N–H and O–H groups in total. The number of hydrogen-bond donors (Lipinski definition) is 0. The van der Waals surface area contributed by atoms with Gasteiger partial charge in [0.1, 0.15) is 0 Å². The quantitative estimate of drug-likeness (QED) is 0.602. The van der Waals surface area contributed by atoms with Crippen LogP contribution in [0.4, 0.5) is 0 Å². The molecule has 1 aliphatic heterocycles. The highest BCUT2D eigenvalue weighted by atomic mass is 15.2. The summed E-state index contributed by atoms with van der Waals surface area (Å²) in [6.45, 7) is 2.79. The molecule has 0 aromatic heterocycles. The molecule has 0 atom stereocenters. The van der Waals surface area contributed by atoms with Crippen LogP contribution in [0.5, 0.6) is 0 Å². The van der Waals surface area contributed by atoms with Crippen molar-refractivity contribution in [2.24, 2.45) is 0 Å². The van der Waals surface area contributed by atoms with Gasteiger partial charge in [-0.1, -0.05) is 33.1 Å². The van der Waals surface area contributed by atoms with E-state index in [-0.39, 0.29) is 7.43 Å². The minimum atomic E-state index is 0. The van der Waals surface area contributed by atoms with Gasteiger partial charge in [-0.3, -0.25) is 0 Å².